The number of pyridine rings is 1. The van der Waals surface area contributed by atoms with Gasteiger partial charge in [-0.1, -0.05) is 27.7 Å². The molecule has 3 aromatic heterocycles. The summed E-state index contributed by atoms with van der Waals surface area (Å²) in [5.74, 6) is 0.173. The number of nitrogens with zero attached hydrogens (tertiary/aromatic N) is 3. The molecule has 6 nitrogen and oxygen atoms in total. The fraction of sp³-hybridized carbons (Fsp3) is 0.577. The summed E-state index contributed by atoms with van der Waals surface area (Å²) < 4.78 is 2.16. The smallest absolute Gasteiger partial charge is 0.162 e. The average molecular weight is 472 g/mol. The maximum absolute atomic E-state index is 11.1. The highest BCUT2D eigenvalue weighted by atomic mass is 32.1. The number of rotatable bonds is 8. The summed E-state index contributed by atoms with van der Waals surface area (Å²) in [6, 6.07) is 4.90. The van der Waals surface area contributed by atoms with Gasteiger partial charge in [0.15, 0.2) is 5.65 Å². The second-order valence-corrected chi connectivity index (χ2v) is 9.23. The number of aromatic nitrogens is 3. The molecular weight excluding hydrogens is 430 g/mol. The summed E-state index contributed by atoms with van der Waals surface area (Å²) in [4.78, 5) is 21.8. The fourth-order valence-corrected chi connectivity index (χ4v) is 5.03. The standard InChI is InChI=1S/C21H26N4OS.C3H9N.C2H6/c1-3-16(11-19-14(2)7-9-27-19)24-18-6-8-22-21-20(18)23-13-25(21)17-5-4-15(10-17)12-26;1-3-4-2;1-2/h6-9,12-13,15-17H,3-5,10-11H2,1-2H3,(H,22,24);4H,3H2,1-2H3;1-2H3. The van der Waals surface area contributed by atoms with E-state index >= 15 is 0 Å². The van der Waals surface area contributed by atoms with Gasteiger partial charge >= 0.3 is 0 Å². The number of aryl methyl sites for hydroxylation is 1. The van der Waals surface area contributed by atoms with E-state index in [0.29, 0.717) is 12.1 Å². The molecule has 0 aliphatic heterocycles. The van der Waals surface area contributed by atoms with Crippen molar-refractivity contribution >= 4 is 34.5 Å². The number of imidazole rings is 1. The van der Waals surface area contributed by atoms with Crippen LogP contribution in [0.4, 0.5) is 5.69 Å². The lowest BCUT2D eigenvalue weighted by Gasteiger charge is -2.18. The monoisotopic (exact) mass is 471 g/mol. The zero-order valence-corrected chi connectivity index (χ0v) is 21.9. The van der Waals surface area contributed by atoms with E-state index in [4.69, 9.17) is 0 Å². The van der Waals surface area contributed by atoms with Crippen LogP contribution in [0, 0.1) is 12.8 Å². The SMILES string of the molecule is CC.CCC(Cc1sccc1C)Nc1ccnc2c1ncn2C1CCC(C=O)C1.CCNC. The lowest BCUT2D eigenvalue weighted by molar-refractivity contribution is -0.110. The van der Waals surface area contributed by atoms with Crippen molar-refractivity contribution in [2.24, 2.45) is 5.92 Å². The van der Waals surface area contributed by atoms with Crippen LogP contribution in [-0.2, 0) is 11.2 Å². The Bertz CT molecular complexity index is 965. The minimum Gasteiger partial charge on any atom is -0.380 e. The third-order valence-corrected chi connectivity index (χ3v) is 7.14. The Morgan fingerprint density at radius 1 is 1.24 bits per heavy atom. The molecule has 3 aromatic rings. The summed E-state index contributed by atoms with van der Waals surface area (Å²) in [7, 11) is 1.93. The second-order valence-electron chi connectivity index (χ2n) is 8.23. The number of fused-ring (bicyclic) bond motifs is 1. The van der Waals surface area contributed by atoms with Crippen LogP contribution in [0.5, 0.6) is 0 Å². The molecule has 3 atom stereocenters. The highest BCUT2D eigenvalue weighted by molar-refractivity contribution is 7.10. The van der Waals surface area contributed by atoms with Crippen molar-refractivity contribution in [2.45, 2.75) is 78.8 Å². The molecule has 0 radical (unpaired) electrons. The van der Waals surface area contributed by atoms with Gasteiger partial charge in [0.05, 0.1) is 12.0 Å². The second kappa shape index (κ2) is 14.1. The molecule has 1 saturated carbocycles. The Morgan fingerprint density at radius 3 is 2.58 bits per heavy atom. The van der Waals surface area contributed by atoms with Gasteiger partial charge in [-0.3, -0.25) is 0 Å². The Kier molecular flexibility index (Phi) is 11.5. The molecule has 1 fully saturated rings. The van der Waals surface area contributed by atoms with Crippen LogP contribution in [0.15, 0.2) is 30.0 Å². The number of anilines is 1. The molecule has 7 heteroatoms. The normalized spacial score (nSPS) is 18.1. The molecule has 0 bridgehead atoms. The van der Waals surface area contributed by atoms with Crippen LogP contribution in [0.3, 0.4) is 0 Å². The van der Waals surface area contributed by atoms with Crippen molar-refractivity contribution in [2.75, 3.05) is 18.9 Å². The van der Waals surface area contributed by atoms with Crippen LogP contribution >= 0.6 is 11.3 Å². The molecule has 1 aliphatic carbocycles. The molecule has 0 saturated heterocycles. The predicted octanol–water partition coefficient (Wildman–Crippen LogP) is 6.03. The molecule has 3 heterocycles. The van der Waals surface area contributed by atoms with E-state index in [-0.39, 0.29) is 5.92 Å². The molecule has 3 unspecified atom stereocenters. The highest BCUT2D eigenvalue weighted by Crippen LogP contribution is 2.36. The van der Waals surface area contributed by atoms with Gasteiger partial charge in [-0.15, -0.1) is 11.3 Å². The zero-order chi connectivity index (χ0) is 24.2. The number of nitrogens with one attached hydrogen (secondary N) is 2. The zero-order valence-electron chi connectivity index (χ0n) is 21.1. The summed E-state index contributed by atoms with van der Waals surface area (Å²) in [6.07, 6.45) is 9.79. The van der Waals surface area contributed by atoms with Gasteiger partial charge in [0.2, 0.25) is 0 Å². The first kappa shape index (κ1) is 27.0. The number of carbonyl (C=O) groups is 1. The van der Waals surface area contributed by atoms with Crippen molar-refractivity contribution < 1.29 is 4.79 Å². The number of carbonyl (C=O) groups excluding carboxylic acids is 1. The summed E-state index contributed by atoms with van der Waals surface area (Å²) in [5, 5.41) is 8.79. The maximum atomic E-state index is 11.1. The van der Waals surface area contributed by atoms with Gasteiger partial charge in [-0.2, -0.15) is 0 Å². The van der Waals surface area contributed by atoms with Crippen molar-refractivity contribution in [1.82, 2.24) is 19.9 Å². The van der Waals surface area contributed by atoms with Crippen LogP contribution in [0.2, 0.25) is 0 Å². The quantitative estimate of drug-likeness (QED) is 0.393. The van der Waals surface area contributed by atoms with Crippen molar-refractivity contribution in [3.63, 3.8) is 0 Å². The summed E-state index contributed by atoms with van der Waals surface area (Å²) in [6.45, 7) is 11.5. The van der Waals surface area contributed by atoms with Gasteiger partial charge in [0.25, 0.3) is 0 Å². The average Bonchev–Trinajstić information content (AvgIpc) is 3.60. The number of hydrogen-bond donors (Lipinski definition) is 2. The van der Waals surface area contributed by atoms with Gasteiger partial charge < -0.3 is 20.0 Å². The van der Waals surface area contributed by atoms with Crippen molar-refractivity contribution in [3.05, 3.63) is 40.5 Å². The van der Waals surface area contributed by atoms with E-state index in [1.165, 1.54) is 10.4 Å². The molecule has 33 heavy (non-hydrogen) atoms. The molecule has 4 rings (SSSR count). The molecule has 182 valence electrons. The largest absolute Gasteiger partial charge is 0.380 e. The summed E-state index contributed by atoms with van der Waals surface area (Å²) in [5.41, 5.74) is 4.26. The molecule has 0 amide bonds. The molecular formula is C26H41N5OS. The minimum absolute atomic E-state index is 0.173. The number of thiophene rings is 1. The van der Waals surface area contributed by atoms with Gasteiger partial charge in [0.1, 0.15) is 11.8 Å². The topological polar surface area (TPSA) is 71.8 Å². The van der Waals surface area contributed by atoms with Crippen LogP contribution in [0.1, 0.15) is 69.9 Å². The fourth-order valence-electron chi connectivity index (χ4n) is 4.04. The molecule has 2 N–H and O–H groups in total. The Hall–Kier alpha value is -2.25. The maximum Gasteiger partial charge on any atom is 0.162 e. The Balaban J connectivity index is 0.000000582. The van der Waals surface area contributed by atoms with Crippen LogP contribution in [0.25, 0.3) is 11.2 Å². The van der Waals surface area contributed by atoms with Crippen molar-refractivity contribution in [3.8, 4) is 0 Å². The summed E-state index contributed by atoms with van der Waals surface area (Å²) >= 11 is 1.83. The third kappa shape index (κ3) is 7.11. The first-order chi connectivity index (χ1) is 16.1. The van der Waals surface area contributed by atoms with Gasteiger partial charge in [-0.05, 0) is 69.3 Å². The van der Waals surface area contributed by atoms with Gasteiger partial charge in [0, 0.05) is 35.5 Å². The number of hydrogen-bond acceptors (Lipinski definition) is 6. The highest BCUT2D eigenvalue weighted by Gasteiger charge is 2.27. The minimum atomic E-state index is 0.173. The third-order valence-electron chi connectivity index (χ3n) is 6.10. The van der Waals surface area contributed by atoms with Gasteiger partial charge in [-0.25, -0.2) is 9.97 Å². The molecule has 1 aliphatic rings. The van der Waals surface area contributed by atoms with E-state index in [1.54, 1.807) is 0 Å². The van der Waals surface area contributed by atoms with Crippen LogP contribution < -0.4 is 10.6 Å². The molecule has 0 aromatic carbocycles. The van der Waals surface area contributed by atoms with E-state index in [2.05, 4.69) is 57.4 Å². The predicted molar refractivity (Wildman–Crippen MR) is 141 cm³/mol. The van der Waals surface area contributed by atoms with E-state index in [0.717, 1.165) is 61.8 Å². The van der Waals surface area contributed by atoms with E-state index in [9.17, 15) is 4.79 Å². The van der Waals surface area contributed by atoms with Crippen molar-refractivity contribution in [1.29, 1.82) is 0 Å². The Labute approximate surface area is 203 Å². The lowest BCUT2D eigenvalue weighted by Crippen LogP contribution is -2.21. The Morgan fingerprint density at radius 2 is 2.00 bits per heavy atom. The molecule has 0 spiro atoms. The van der Waals surface area contributed by atoms with Crippen LogP contribution in [-0.4, -0.2) is 40.5 Å². The van der Waals surface area contributed by atoms with E-state index < -0.39 is 0 Å². The number of aldehydes is 1. The first-order valence-electron chi connectivity index (χ1n) is 12.3. The van der Waals surface area contributed by atoms with E-state index in [1.807, 2.05) is 50.8 Å². The lowest BCUT2D eigenvalue weighted by atomic mass is 10.1. The first-order valence-corrected chi connectivity index (χ1v) is 13.2.